The molecule has 0 unspecified atom stereocenters. The minimum atomic E-state index is -0.286. The fourth-order valence-corrected chi connectivity index (χ4v) is 3.23. The summed E-state index contributed by atoms with van der Waals surface area (Å²) in [6, 6.07) is 13.6. The SMILES string of the molecule is Cc1ccc(-c2csc(NC(=O)Nc3ccccc3C)n2)c(C)c1. The van der Waals surface area contributed by atoms with Crippen LogP contribution in [0.2, 0.25) is 0 Å². The summed E-state index contributed by atoms with van der Waals surface area (Å²) in [5.41, 5.74) is 6.18. The van der Waals surface area contributed by atoms with Gasteiger partial charge < -0.3 is 5.32 Å². The van der Waals surface area contributed by atoms with Crippen LogP contribution in [0.1, 0.15) is 16.7 Å². The van der Waals surface area contributed by atoms with Crippen molar-refractivity contribution in [1.82, 2.24) is 4.98 Å². The van der Waals surface area contributed by atoms with Gasteiger partial charge in [-0.1, -0.05) is 42.0 Å². The number of para-hydroxylation sites is 1. The number of aryl methyl sites for hydroxylation is 3. The molecule has 3 aromatic rings. The Morgan fingerprint density at radius 3 is 2.54 bits per heavy atom. The lowest BCUT2D eigenvalue weighted by atomic mass is 10.0. The number of hydrogen-bond acceptors (Lipinski definition) is 3. The highest BCUT2D eigenvalue weighted by Crippen LogP contribution is 2.28. The van der Waals surface area contributed by atoms with Gasteiger partial charge in [0.05, 0.1) is 5.69 Å². The Morgan fingerprint density at radius 1 is 1.00 bits per heavy atom. The number of carbonyl (C=O) groups is 1. The van der Waals surface area contributed by atoms with E-state index in [0.717, 1.165) is 22.5 Å². The van der Waals surface area contributed by atoms with E-state index in [-0.39, 0.29) is 6.03 Å². The first-order valence-corrected chi connectivity index (χ1v) is 8.57. The number of anilines is 2. The molecule has 0 spiro atoms. The molecule has 2 aromatic carbocycles. The minimum Gasteiger partial charge on any atom is -0.307 e. The fourth-order valence-electron chi connectivity index (χ4n) is 2.52. The van der Waals surface area contributed by atoms with Crippen molar-refractivity contribution in [2.75, 3.05) is 10.6 Å². The number of amides is 2. The number of benzene rings is 2. The van der Waals surface area contributed by atoms with Crippen LogP contribution in [0.4, 0.5) is 15.6 Å². The van der Waals surface area contributed by atoms with Gasteiger partial charge in [0.15, 0.2) is 5.13 Å². The van der Waals surface area contributed by atoms with E-state index in [1.165, 1.54) is 22.5 Å². The van der Waals surface area contributed by atoms with Gasteiger partial charge in [-0.05, 0) is 38.0 Å². The van der Waals surface area contributed by atoms with Crippen LogP contribution in [0.25, 0.3) is 11.3 Å². The van der Waals surface area contributed by atoms with E-state index in [4.69, 9.17) is 0 Å². The van der Waals surface area contributed by atoms with E-state index in [1.807, 2.05) is 36.6 Å². The maximum Gasteiger partial charge on any atom is 0.325 e. The number of rotatable bonds is 3. The molecule has 0 aliphatic heterocycles. The Labute approximate surface area is 145 Å². The molecule has 1 heterocycles. The van der Waals surface area contributed by atoms with Crippen LogP contribution >= 0.6 is 11.3 Å². The monoisotopic (exact) mass is 337 g/mol. The largest absolute Gasteiger partial charge is 0.325 e. The van der Waals surface area contributed by atoms with Gasteiger partial charge in [0.25, 0.3) is 0 Å². The van der Waals surface area contributed by atoms with Crippen molar-refractivity contribution in [3.63, 3.8) is 0 Å². The summed E-state index contributed by atoms with van der Waals surface area (Å²) < 4.78 is 0. The first-order valence-electron chi connectivity index (χ1n) is 7.70. The zero-order chi connectivity index (χ0) is 17.1. The number of hydrogen-bond donors (Lipinski definition) is 2. The van der Waals surface area contributed by atoms with Crippen molar-refractivity contribution in [3.05, 3.63) is 64.5 Å². The number of nitrogens with one attached hydrogen (secondary N) is 2. The van der Waals surface area contributed by atoms with Crippen LogP contribution in [0.5, 0.6) is 0 Å². The zero-order valence-electron chi connectivity index (χ0n) is 13.9. The van der Waals surface area contributed by atoms with Crippen LogP contribution in [-0.2, 0) is 0 Å². The van der Waals surface area contributed by atoms with Gasteiger partial charge in [-0.15, -0.1) is 11.3 Å². The van der Waals surface area contributed by atoms with Crippen LogP contribution < -0.4 is 10.6 Å². The molecule has 2 amide bonds. The summed E-state index contributed by atoms with van der Waals surface area (Å²) >= 11 is 1.42. The van der Waals surface area contributed by atoms with Crippen LogP contribution in [0.3, 0.4) is 0 Å². The summed E-state index contributed by atoms with van der Waals surface area (Å²) in [5, 5.41) is 8.18. The molecule has 0 atom stereocenters. The van der Waals surface area contributed by atoms with E-state index >= 15 is 0 Å². The molecule has 0 aliphatic rings. The summed E-state index contributed by atoms with van der Waals surface area (Å²) in [6.45, 7) is 6.09. The molecule has 1 aromatic heterocycles. The van der Waals surface area contributed by atoms with E-state index in [9.17, 15) is 4.79 Å². The first-order chi connectivity index (χ1) is 11.5. The summed E-state index contributed by atoms with van der Waals surface area (Å²) in [4.78, 5) is 16.7. The maximum atomic E-state index is 12.1. The standard InChI is InChI=1S/C19H19N3OS/c1-12-8-9-15(14(3)10-12)17-11-24-19(21-17)22-18(23)20-16-7-5-4-6-13(16)2/h4-11H,1-3H3,(H2,20,21,22,23). The summed E-state index contributed by atoms with van der Waals surface area (Å²) in [5.74, 6) is 0. The Balaban J connectivity index is 1.72. The van der Waals surface area contributed by atoms with Gasteiger partial charge in [0.1, 0.15) is 0 Å². The van der Waals surface area contributed by atoms with Crippen LogP contribution in [0, 0.1) is 20.8 Å². The van der Waals surface area contributed by atoms with Gasteiger partial charge in [-0.25, -0.2) is 9.78 Å². The van der Waals surface area contributed by atoms with E-state index in [0.29, 0.717) is 5.13 Å². The third kappa shape index (κ3) is 3.63. The number of aromatic nitrogens is 1. The molecule has 0 saturated carbocycles. The first kappa shape index (κ1) is 16.2. The minimum absolute atomic E-state index is 0.286. The molecule has 0 bridgehead atoms. The lowest BCUT2D eigenvalue weighted by molar-refractivity contribution is 0.262. The normalized spacial score (nSPS) is 10.5. The van der Waals surface area contributed by atoms with Crippen LogP contribution in [-0.4, -0.2) is 11.0 Å². The molecule has 122 valence electrons. The number of nitrogens with zero attached hydrogens (tertiary/aromatic N) is 1. The van der Waals surface area contributed by atoms with Crippen molar-refractivity contribution in [3.8, 4) is 11.3 Å². The van der Waals surface area contributed by atoms with Crippen molar-refractivity contribution < 1.29 is 4.79 Å². The molecule has 0 aliphatic carbocycles. The second-order valence-corrected chi connectivity index (χ2v) is 6.61. The topological polar surface area (TPSA) is 54.0 Å². The highest BCUT2D eigenvalue weighted by atomic mass is 32.1. The van der Waals surface area contributed by atoms with Crippen molar-refractivity contribution in [2.24, 2.45) is 0 Å². The molecule has 4 nitrogen and oxygen atoms in total. The fraction of sp³-hybridized carbons (Fsp3) is 0.158. The van der Waals surface area contributed by atoms with Gasteiger partial charge in [0.2, 0.25) is 0 Å². The lowest BCUT2D eigenvalue weighted by Gasteiger charge is -2.08. The highest BCUT2D eigenvalue weighted by Gasteiger charge is 2.10. The Morgan fingerprint density at radius 2 is 1.79 bits per heavy atom. The molecular weight excluding hydrogens is 318 g/mol. The third-order valence-electron chi connectivity index (χ3n) is 3.78. The summed E-state index contributed by atoms with van der Waals surface area (Å²) in [6.07, 6.45) is 0. The molecule has 0 saturated heterocycles. The smallest absolute Gasteiger partial charge is 0.307 e. The Hall–Kier alpha value is -2.66. The third-order valence-corrected chi connectivity index (χ3v) is 4.53. The van der Waals surface area contributed by atoms with Gasteiger partial charge in [-0.2, -0.15) is 0 Å². The number of thiazole rings is 1. The van der Waals surface area contributed by atoms with E-state index in [1.54, 1.807) is 0 Å². The lowest BCUT2D eigenvalue weighted by Crippen LogP contribution is -2.19. The molecule has 5 heteroatoms. The predicted molar refractivity (Wildman–Crippen MR) is 101 cm³/mol. The van der Waals surface area contributed by atoms with Crippen LogP contribution in [0.15, 0.2) is 47.8 Å². The van der Waals surface area contributed by atoms with Crippen molar-refractivity contribution in [2.45, 2.75) is 20.8 Å². The van der Waals surface area contributed by atoms with Gasteiger partial charge >= 0.3 is 6.03 Å². The summed E-state index contributed by atoms with van der Waals surface area (Å²) in [7, 11) is 0. The molecule has 3 rings (SSSR count). The second kappa shape index (κ2) is 6.84. The predicted octanol–water partition coefficient (Wildman–Crippen LogP) is 5.38. The molecule has 0 fully saturated rings. The molecule has 24 heavy (non-hydrogen) atoms. The maximum absolute atomic E-state index is 12.1. The number of urea groups is 1. The van der Waals surface area contributed by atoms with Gasteiger partial charge in [-0.3, -0.25) is 5.32 Å². The highest BCUT2D eigenvalue weighted by molar-refractivity contribution is 7.14. The van der Waals surface area contributed by atoms with E-state index < -0.39 is 0 Å². The second-order valence-electron chi connectivity index (χ2n) is 5.75. The van der Waals surface area contributed by atoms with Crippen molar-refractivity contribution in [1.29, 1.82) is 0 Å². The Kier molecular flexibility index (Phi) is 4.62. The molecule has 0 radical (unpaired) electrons. The quantitative estimate of drug-likeness (QED) is 0.674. The molecule has 2 N–H and O–H groups in total. The molecular formula is C19H19N3OS. The van der Waals surface area contributed by atoms with Gasteiger partial charge in [0, 0.05) is 16.6 Å². The van der Waals surface area contributed by atoms with E-state index in [2.05, 4.69) is 47.7 Å². The average Bonchev–Trinajstić information content (AvgIpc) is 2.97. The number of carbonyl (C=O) groups excluding carboxylic acids is 1. The Bertz CT molecular complexity index is 886. The average molecular weight is 337 g/mol. The zero-order valence-corrected chi connectivity index (χ0v) is 14.7. The van der Waals surface area contributed by atoms with Crippen molar-refractivity contribution >= 4 is 28.2 Å².